The van der Waals surface area contributed by atoms with E-state index >= 15 is 0 Å². The number of H-pyrrole nitrogens is 1. The van der Waals surface area contributed by atoms with E-state index in [0.29, 0.717) is 23.5 Å². The van der Waals surface area contributed by atoms with Gasteiger partial charge in [-0.05, 0) is 26.0 Å². The second-order valence-electron chi connectivity index (χ2n) is 5.57. The van der Waals surface area contributed by atoms with E-state index in [-0.39, 0.29) is 0 Å². The summed E-state index contributed by atoms with van der Waals surface area (Å²) >= 11 is 0. The molecule has 0 atom stereocenters. The minimum Gasteiger partial charge on any atom is -0.467 e. The minimum absolute atomic E-state index is 0.366. The minimum atomic E-state index is -0.477. The van der Waals surface area contributed by atoms with E-state index < -0.39 is 11.2 Å². The van der Waals surface area contributed by atoms with Crippen molar-refractivity contribution in [1.29, 1.82) is 0 Å². The summed E-state index contributed by atoms with van der Waals surface area (Å²) in [6, 6.07) is 3.71. The van der Waals surface area contributed by atoms with Crippen LogP contribution in [0.2, 0.25) is 0 Å². The van der Waals surface area contributed by atoms with Crippen molar-refractivity contribution in [3.8, 4) is 0 Å². The molecular weight excluding hydrogens is 298 g/mol. The summed E-state index contributed by atoms with van der Waals surface area (Å²) < 4.78 is 10.5. The molecule has 1 N–H and O–H groups in total. The molecule has 0 aromatic carbocycles. The SMILES string of the molecule is Cc1c(C)n2c3c(=O)[nH]c(=O)n(C)c3nc2n1Cc1ccco1. The van der Waals surface area contributed by atoms with Gasteiger partial charge >= 0.3 is 5.69 Å². The van der Waals surface area contributed by atoms with Crippen molar-refractivity contribution in [2.75, 3.05) is 0 Å². The normalized spacial score (nSPS) is 11.8. The van der Waals surface area contributed by atoms with Crippen molar-refractivity contribution in [2.45, 2.75) is 20.4 Å². The maximum absolute atomic E-state index is 12.3. The molecule has 0 spiro atoms. The van der Waals surface area contributed by atoms with Gasteiger partial charge in [0.1, 0.15) is 5.76 Å². The van der Waals surface area contributed by atoms with Gasteiger partial charge in [-0.15, -0.1) is 0 Å². The second kappa shape index (κ2) is 4.48. The number of imidazole rings is 2. The van der Waals surface area contributed by atoms with Gasteiger partial charge in [0.05, 0.1) is 12.8 Å². The Morgan fingerprint density at radius 1 is 1.26 bits per heavy atom. The van der Waals surface area contributed by atoms with Crippen LogP contribution in [0, 0.1) is 13.8 Å². The van der Waals surface area contributed by atoms with E-state index in [2.05, 4.69) is 9.97 Å². The number of hydrogen-bond acceptors (Lipinski definition) is 4. The molecule has 0 aliphatic heterocycles. The molecule has 0 saturated heterocycles. The third-order valence-electron chi connectivity index (χ3n) is 4.30. The molecule has 23 heavy (non-hydrogen) atoms. The maximum Gasteiger partial charge on any atom is 0.329 e. The van der Waals surface area contributed by atoms with Crippen LogP contribution in [0.15, 0.2) is 32.4 Å². The van der Waals surface area contributed by atoms with E-state index in [1.807, 2.05) is 30.5 Å². The highest BCUT2D eigenvalue weighted by Crippen LogP contribution is 2.21. The number of aromatic nitrogens is 5. The van der Waals surface area contributed by atoms with Crippen molar-refractivity contribution < 1.29 is 4.42 Å². The summed E-state index contributed by atoms with van der Waals surface area (Å²) in [7, 11) is 1.59. The lowest BCUT2D eigenvalue weighted by atomic mass is 10.3. The number of nitrogens with one attached hydrogen (secondary N) is 1. The summed E-state index contributed by atoms with van der Waals surface area (Å²) in [5.74, 6) is 1.40. The molecule has 0 unspecified atom stereocenters. The van der Waals surface area contributed by atoms with Crippen molar-refractivity contribution in [3.05, 3.63) is 56.4 Å². The van der Waals surface area contributed by atoms with Gasteiger partial charge < -0.3 is 8.98 Å². The van der Waals surface area contributed by atoms with Crippen molar-refractivity contribution in [3.63, 3.8) is 0 Å². The average molecular weight is 313 g/mol. The molecule has 0 aliphatic rings. The Morgan fingerprint density at radius 2 is 2.04 bits per heavy atom. The number of rotatable bonds is 2. The zero-order valence-electron chi connectivity index (χ0n) is 13.0. The highest BCUT2D eigenvalue weighted by Gasteiger charge is 2.20. The highest BCUT2D eigenvalue weighted by molar-refractivity contribution is 5.76. The third-order valence-corrected chi connectivity index (χ3v) is 4.30. The molecule has 0 radical (unpaired) electrons. The van der Waals surface area contributed by atoms with Crippen LogP contribution in [0.5, 0.6) is 0 Å². The molecule has 0 fully saturated rings. The van der Waals surface area contributed by atoms with Crippen molar-refractivity contribution >= 4 is 16.9 Å². The van der Waals surface area contributed by atoms with Gasteiger partial charge in [0.2, 0.25) is 5.78 Å². The van der Waals surface area contributed by atoms with Crippen LogP contribution in [-0.4, -0.2) is 23.5 Å². The summed E-state index contributed by atoms with van der Waals surface area (Å²) in [5, 5.41) is 0. The maximum atomic E-state index is 12.3. The number of nitrogens with zero attached hydrogens (tertiary/aromatic N) is 4. The molecule has 4 aromatic heterocycles. The van der Waals surface area contributed by atoms with Gasteiger partial charge in [0, 0.05) is 18.4 Å². The first-order valence-electron chi connectivity index (χ1n) is 7.18. The Bertz CT molecular complexity index is 1150. The molecule has 0 amide bonds. The van der Waals surface area contributed by atoms with Crippen LogP contribution in [0.1, 0.15) is 17.1 Å². The monoisotopic (exact) mass is 313 g/mol. The molecule has 4 heterocycles. The molecule has 0 saturated carbocycles. The quantitative estimate of drug-likeness (QED) is 0.596. The number of fused-ring (bicyclic) bond motifs is 3. The first kappa shape index (κ1) is 13.6. The van der Waals surface area contributed by atoms with Gasteiger partial charge in [-0.2, -0.15) is 4.98 Å². The van der Waals surface area contributed by atoms with Crippen LogP contribution in [-0.2, 0) is 13.6 Å². The van der Waals surface area contributed by atoms with Crippen LogP contribution in [0.25, 0.3) is 16.9 Å². The second-order valence-corrected chi connectivity index (χ2v) is 5.57. The summed E-state index contributed by atoms with van der Waals surface area (Å²) in [6.45, 7) is 4.40. The van der Waals surface area contributed by atoms with E-state index in [1.165, 1.54) is 4.57 Å². The van der Waals surface area contributed by atoms with Gasteiger partial charge in [-0.25, -0.2) is 4.79 Å². The van der Waals surface area contributed by atoms with E-state index in [1.54, 1.807) is 17.7 Å². The molecule has 0 bridgehead atoms. The van der Waals surface area contributed by atoms with Crippen LogP contribution >= 0.6 is 0 Å². The number of hydrogen-bond donors (Lipinski definition) is 1. The molecule has 118 valence electrons. The Labute approximate surface area is 129 Å². The first-order chi connectivity index (χ1) is 11.0. The number of aromatic amines is 1. The predicted molar refractivity (Wildman–Crippen MR) is 83.8 cm³/mol. The lowest BCUT2D eigenvalue weighted by Gasteiger charge is -2.03. The average Bonchev–Trinajstić information content (AvgIpc) is 3.20. The zero-order valence-corrected chi connectivity index (χ0v) is 13.0. The smallest absolute Gasteiger partial charge is 0.329 e. The lowest BCUT2D eigenvalue weighted by molar-refractivity contribution is 0.494. The Balaban J connectivity index is 2.13. The summed E-state index contributed by atoms with van der Waals surface area (Å²) in [5.41, 5.74) is 1.72. The third kappa shape index (κ3) is 1.74. The first-order valence-corrected chi connectivity index (χ1v) is 7.18. The summed E-state index contributed by atoms with van der Waals surface area (Å²) in [6.07, 6.45) is 1.62. The fourth-order valence-electron chi connectivity index (χ4n) is 2.92. The largest absolute Gasteiger partial charge is 0.467 e. The van der Waals surface area contributed by atoms with Gasteiger partial charge in [0.15, 0.2) is 11.2 Å². The van der Waals surface area contributed by atoms with Gasteiger partial charge in [-0.3, -0.25) is 18.7 Å². The topological polar surface area (TPSA) is 90.2 Å². The Kier molecular flexibility index (Phi) is 2.65. The zero-order chi connectivity index (χ0) is 16.3. The standard InChI is InChI=1S/C15H15N5O3/c1-8-9(2)20-11-12(18(3)15(22)17-13(11)21)16-14(20)19(8)7-10-5-4-6-23-10/h4-6H,7H2,1-3H3,(H,17,21,22). The Morgan fingerprint density at radius 3 is 2.74 bits per heavy atom. The van der Waals surface area contributed by atoms with Crippen LogP contribution in [0.4, 0.5) is 0 Å². The van der Waals surface area contributed by atoms with E-state index in [9.17, 15) is 9.59 Å². The van der Waals surface area contributed by atoms with Gasteiger partial charge in [-0.1, -0.05) is 0 Å². The predicted octanol–water partition coefficient (Wildman–Crippen LogP) is 0.934. The fraction of sp³-hybridized carbons (Fsp3) is 0.267. The number of aryl methyl sites for hydroxylation is 2. The van der Waals surface area contributed by atoms with Gasteiger partial charge in [0.25, 0.3) is 5.56 Å². The van der Waals surface area contributed by atoms with E-state index in [0.717, 1.165) is 17.1 Å². The number of furan rings is 1. The van der Waals surface area contributed by atoms with Crippen LogP contribution in [0.3, 0.4) is 0 Å². The molecule has 4 rings (SSSR count). The molecule has 8 heteroatoms. The fourth-order valence-corrected chi connectivity index (χ4v) is 2.92. The molecule has 0 aliphatic carbocycles. The molecule has 8 nitrogen and oxygen atoms in total. The Hall–Kier alpha value is -3.03. The molecular formula is C15H15N5O3. The summed E-state index contributed by atoms with van der Waals surface area (Å²) in [4.78, 5) is 30.9. The van der Waals surface area contributed by atoms with Crippen LogP contribution < -0.4 is 11.2 Å². The van der Waals surface area contributed by atoms with Crippen molar-refractivity contribution in [1.82, 2.24) is 23.5 Å². The highest BCUT2D eigenvalue weighted by atomic mass is 16.3. The van der Waals surface area contributed by atoms with E-state index in [4.69, 9.17) is 4.42 Å². The lowest BCUT2D eigenvalue weighted by Crippen LogP contribution is -2.28. The molecule has 4 aromatic rings. The van der Waals surface area contributed by atoms with Crippen molar-refractivity contribution in [2.24, 2.45) is 7.05 Å².